The standard InChI is InChI=1S/C17H29N3O/c21-12-9-15-5-4-10-19(13-15)14-16-8-11-20(18-16)17-6-2-1-3-7-17/h8,11,15,17,21H,1-7,9-10,12-14H2. The van der Waals surface area contributed by atoms with Crippen LogP contribution in [0, 0.1) is 5.92 Å². The van der Waals surface area contributed by atoms with E-state index in [1.165, 1.54) is 57.2 Å². The first kappa shape index (κ1) is 15.0. The Morgan fingerprint density at radius 1 is 1.14 bits per heavy atom. The van der Waals surface area contributed by atoms with Crippen molar-refractivity contribution in [3.8, 4) is 0 Å². The van der Waals surface area contributed by atoms with Crippen LogP contribution in [0.25, 0.3) is 0 Å². The molecule has 1 aromatic heterocycles. The first-order valence-electron chi connectivity index (χ1n) is 8.72. The Morgan fingerprint density at radius 3 is 2.81 bits per heavy atom. The van der Waals surface area contributed by atoms with E-state index >= 15 is 0 Å². The smallest absolute Gasteiger partial charge is 0.0764 e. The van der Waals surface area contributed by atoms with Crippen LogP contribution in [0.4, 0.5) is 0 Å². The number of piperidine rings is 1. The third-order valence-corrected chi connectivity index (χ3v) is 5.14. The summed E-state index contributed by atoms with van der Waals surface area (Å²) in [6.45, 7) is 3.60. The van der Waals surface area contributed by atoms with E-state index < -0.39 is 0 Å². The number of likely N-dealkylation sites (tertiary alicyclic amines) is 1. The fourth-order valence-electron chi connectivity index (χ4n) is 3.95. The van der Waals surface area contributed by atoms with Crippen LogP contribution in [0.1, 0.15) is 63.1 Å². The van der Waals surface area contributed by atoms with Crippen molar-refractivity contribution in [1.82, 2.24) is 14.7 Å². The van der Waals surface area contributed by atoms with Crippen molar-refractivity contribution in [2.24, 2.45) is 5.92 Å². The van der Waals surface area contributed by atoms with Crippen LogP contribution in [-0.2, 0) is 6.54 Å². The van der Waals surface area contributed by atoms with Gasteiger partial charge in [-0.3, -0.25) is 9.58 Å². The van der Waals surface area contributed by atoms with Gasteiger partial charge in [0.1, 0.15) is 0 Å². The lowest BCUT2D eigenvalue weighted by molar-refractivity contribution is 0.141. The molecule has 4 nitrogen and oxygen atoms in total. The van der Waals surface area contributed by atoms with Crippen LogP contribution in [0.5, 0.6) is 0 Å². The first-order valence-corrected chi connectivity index (χ1v) is 8.72. The maximum atomic E-state index is 9.11. The van der Waals surface area contributed by atoms with Gasteiger partial charge in [-0.2, -0.15) is 5.10 Å². The van der Waals surface area contributed by atoms with E-state index in [0.29, 0.717) is 18.6 Å². The quantitative estimate of drug-likeness (QED) is 0.907. The second-order valence-corrected chi connectivity index (χ2v) is 6.83. The molecule has 1 saturated heterocycles. The van der Waals surface area contributed by atoms with Crippen LogP contribution >= 0.6 is 0 Å². The van der Waals surface area contributed by atoms with E-state index in [2.05, 4.69) is 21.8 Å². The molecule has 2 aliphatic rings. The minimum atomic E-state index is 0.328. The first-order chi connectivity index (χ1) is 10.3. The summed E-state index contributed by atoms with van der Waals surface area (Å²) < 4.78 is 2.21. The molecule has 0 radical (unpaired) electrons. The summed E-state index contributed by atoms with van der Waals surface area (Å²) in [6, 6.07) is 2.83. The number of aliphatic hydroxyl groups excluding tert-OH is 1. The topological polar surface area (TPSA) is 41.3 Å². The molecular formula is C17H29N3O. The highest BCUT2D eigenvalue weighted by molar-refractivity contribution is 5.00. The molecule has 1 aromatic rings. The van der Waals surface area contributed by atoms with E-state index in [9.17, 15) is 0 Å². The fourth-order valence-corrected chi connectivity index (χ4v) is 3.95. The van der Waals surface area contributed by atoms with Crippen LogP contribution in [0.2, 0.25) is 0 Å². The molecular weight excluding hydrogens is 262 g/mol. The summed E-state index contributed by atoms with van der Waals surface area (Å²) in [6.07, 6.45) is 12.4. The number of hydrogen-bond acceptors (Lipinski definition) is 3. The zero-order valence-corrected chi connectivity index (χ0v) is 13.1. The van der Waals surface area contributed by atoms with Crippen LogP contribution in [-0.4, -0.2) is 39.5 Å². The molecule has 3 rings (SSSR count). The van der Waals surface area contributed by atoms with E-state index in [4.69, 9.17) is 10.2 Å². The molecule has 0 aromatic carbocycles. The Hall–Kier alpha value is -0.870. The van der Waals surface area contributed by atoms with E-state index in [0.717, 1.165) is 19.5 Å². The van der Waals surface area contributed by atoms with Gasteiger partial charge in [-0.05, 0) is 50.6 Å². The molecule has 1 aliphatic carbocycles. The predicted octanol–water partition coefficient (Wildman–Crippen LogP) is 2.98. The van der Waals surface area contributed by atoms with Gasteiger partial charge in [0.25, 0.3) is 0 Å². The highest BCUT2D eigenvalue weighted by Crippen LogP contribution is 2.27. The number of rotatable bonds is 5. The van der Waals surface area contributed by atoms with Gasteiger partial charge in [-0.15, -0.1) is 0 Å². The minimum absolute atomic E-state index is 0.328. The summed E-state index contributed by atoms with van der Waals surface area (Å²) in [7, 11) is 0. The maximum Gasteiger partial charge on any atom is 0.0764 e. The lowest BCUT2D eigenvalue weighted by Crippen LogP contribution is -2.35. The number of nitrogens with zero attached hydrogens (tertiary/aromatic N) is 3. The normalized spacial score (nSPS) is 25.3. The SMILES string of the molecule is OCCC1CCCN(Cc2ccn(C3CCCCC3)n2)C1. The summed E-state index contributed by atoms with van der Waals surface area (Å²) in [5.41, 5.74) is 1.21. The van der Waals surface area contributed by atoms with E-state index in [1.54, 1.807) is 0 Å². The van der Waals surface area contributed by atoms with Crippen molar-refractivity contribution >= 4 is 0 Å². The Morgan fingerprint density at radius 2 is 2.00 bits per heavy atom. The summed E-state index contributed by atoms with van der Waals surface area (Å²) >= 11 is 0. The van der Waals surface area contributed by atoms with E-state index in [-0.39, 0.29) is 0 Å². The number of aliphatic hydroxyl groups is 1. The molecule has 1 saturated carbocycles. The second-order valence-electron chi connectivity index (χ2n) is 6.83. The molecule has 118 valence electrons. The average molecular weight is 291 g/mol. The molecule has 1 N–H and O–H groups in total. The van der Waals surface area contributed by atoms with Gasteiger partial charge in [0, 0.05) is 25.9 Å². The van der Waals surface area contributed by atoms with Crippen LogP contribution in [0.15, 0.2) is 12.3 Å². The molecule has 4 heteroatoms. The van der Waals surface area contributed by atoms with Gasteiger partial charge < -0.3 is 5.11 Å². The molecule has 1 atom stereocenters. The number of aromatic nitrogens is 2. The van der Waals surface area contributed by atoms with Crippen LogP contribution < -0.4 is 0 Å². The number of hydrogen-bond donors (Lipinski definition) is 1. The minimum Gasteiger partial charge on any atom is -0.396 e. The van der Waals surface area contributed by atoms with Gasteiger partial charge in [0.15, 0.2) is 0 Å². The third-order valence-electron chi connectivity index (χ3n) is 5.14. The average Bonchev–Trinajstić information content (AvgIpc) is 2.97. The lowest BCUT2D eigenvalue weighted by Gasteiger charge is -2.32. The monoisotopic (exact) mass is 291 g/mol. The second kappa shape index (κ2) is 7.41. The van der Waals surface area contributed by atoms with Gasteiger partial charge in [-0.25, -0.2) is 0 Å². The van der Waals surface area contributed by atoms with E-state index in [1.807, 2.05) is 0 Å². The van der Waals surface area contributed by atoms with Crippen molar-refractivity contribution in [3.05, 3.63) is 18.0 Å². The Kier molecular flexibility index (Phi) is 5.31. The van der Waals surface area contributed by atoms with Gasteiger partial charge in [-0.1, -0.05) is 19.3 Å². The zero-order valence-electron chi connectivity index (χ0n) is 13.1. The molecule has 0 spiro atoms. The van der Waals surface area contributed by atoms with Crippen molar-refractivity contribution in [2.75, 3.05) is 19.7 Å². The Labute approximate surface area is 128 Å². The Bertz CT molecular complexity index is 423. The Balaban J connectivity index is 1.54. The molecule has 0 bridgehead atoms. The molecule has 1 unspecified atom stereocenters. The van der Waals surface area contributed by atoms with Crippen molar-refractivity contribution in [2.45, 2.75) is 64.0 Å². The summed E-state index contributed by atoms with van der Waals surface area (Å²) in [5.74, 6) is 0.671. The molecule has 0 amide bonds. The molecule has 1 aliphatic heterocycles. The molecule has 2 heterocycles. The fraction of sp³-hybridized carbons (Fsp3) is 0.824. The zero-order chi connectivity index (χ0) is 14.5. The molecule has 2 fully saturated rings. The highest BCUT2D eigenvalue weighted by atomic mass is 16.3. The van der Waals surface area contributed by atoms with Crippen molar-refractivity contribution in [3.63, 3.8) is 0 Å². The van der Waals surface area contributed by atoms with Gasteiger partial charge in [0.05, 0.1) is 11.7 Å². The maximum absolute atomic E-state index is 9.11. The summed E-state index contributed by atoms with van der Waals surface area (Å²) in [5, 5.41) is 13.9. The van der Waals surface area contributed by atoms with Gasteiger partial charge in [0.2, 0.25) is 0 Å². The predicted molar refractivity (Wildman–Crippen MR) is 84.1 cm³/mol. The largest absolute Gasteiger partial charge is 0.396 e. The van der Waals surface area contributed by atoms with Crippen LogP contribution in [0.3, 0.4) is 0 Å². The highest BCUT2D eigenvalue weighted by Gasteiger charge is 2.21. The van der Waals surface area contributed by atoms with Crippen molar-refractivity contribution < 1.29 is 5.11 Å². The third kappa shape index (κ3) is 4.07. The molecule has 21 heavy (non-hydrogen) atoms. The van der Waals surface area contributed by atoms with Crippen molar-refractivity contribution in [1.29, 1.82) is 0 Å². The summed E-state index contributed by atoms with van der Waals surface area (Å²) in [4.78, 5) is 2.51. The lowest BCUT2D eigenvalue weighted by atomic mass is 9.95. The van der Waals surface area contributed by atoms with Gasteiger partial charge >= 0.3 is 0 Å².